The number of hydrogen-bond donors (Lipinski definition) is 0. The predicted octanol–water partition coefficient (Wildman–Crippen LogP) is 5.16. The molecule has 0 spiro atoms. The van der Waals surface area contributed by atoms with Crippen LogP contribution in [0.25, 0.3) is 0 Å². The fourth-order valence-corrected chi connectivity index (χ4v) is 2.10. The molecule has 1 aromatic rings. The van der Waals surface area contributed by atoms with E-state index in [0.29, 0.717) is 0 Å². The van der Waals surface area contributed by atoms with Crippen molar-refractivity contribution in [3.63, 3.8) is 0 Å². The first-order valence-corrected chi connectivity index (χ1v) is 7.65. The van der Waals surface area contributed by atoms with Gasteiger partial charge in [-0.1, -0.05) is 71.7 Å². The van der Waals surface area contributed by atoms with Gasteiger partial charge < -0.3 is 0 Å². The molecule has 92 valence electrons. The lowest BCUT2D eigenvalue weighted by Gasteiger charge is -1.97. The van der Waals surface area contributed by atoms with Crippen molar-refractivity contribution in [2.24, 2.45) is 0 Å². The third kappa shape index (κ3) is 8.05. The minimum atomic E-state index is 1.04. The smallest absolute Gasteiger partial charge is 0.0245 e. The first-order valence-electron chi connectivity index (χ1n) is 6.53. The summed E-state index contributed by atoms with van der Waals surface area (Å²) in [7, 11) is 0. The zero-order chi connectivity index (χ0) is 12.2. The largest absolute Gasteiger partial charge is 0.0979 e. The summed E-state index contributed by atoms with van der Waals surface area (Å²) in [4.78, 5) is 0. The molecule has 0 aliphatic heterocycles. The van der Waals surface area contributed by atoms with E-state index in [1.54, 1.807) is 0 Å². The van der Waals surface area contributed by atoms with Crippen molar-refractivity contribution in [2.75, 3.05) is 5.33 Å². The maximum atomic E-state index is 3.46. The third-order valence-corrected chi connectivity index (χ3v) is 3.25. The van der Waals surface area contributed by atoms with Gasteiger partial charge in [-0.05, 0) is 25.0 Å². The van der Waals surface area contributed by atoms with Crippen LogP contribution < -0.4 is 0 Å². The van der Waals surface area contributed by atoms with Crippen molar-refractivity contribution < 1.29 is 0 Å². The summed E-state index contributed by atoms with van der Waals surface area (Å²) in [6.07, 6.45) is 9.01. The molecule has 0 aromatic heterocycles. The Hall–Kier alpha value is -0.740. The van der Waals surface area contributed by atoms with Crippen LogP contribution in [-0.4, -0.2) is 5.33 Å². The highest BCUT2D eigenvalue weighted by Gasteiger charge is 1.89. The normalized spacial score (nSPS) is 9.71. The van der Waals surface area contributed by atoms with Gasteiger partial charge in [0.1, 0.15) is 0 Å². The van der Waals surface area contributed by atoms with E-state index in [4.69, 9.17) is 0 Å². The number of halogens is 1. The van der Waals surface area contributed by atoms with E-state index >= 15 is 0 Å². The van der Waals surface area contributed by atoms with Crippen LogP contribution in [0.3, 0.4) is 0 Å². The second kappa shape index (κ2) is 10.4. The molecule has 0 fully saturated rings. The van der Waals surface area contributed by atoms with Crippen molar-refractivity contribution >= 4 is 15.9 Å². The van der Waals surface area contributed by atoms with Crippen molar-refractivity contribution in [3.8, 4) is 11.8 Å². The molecule has 17 heavy (non-hydrogen) atoms. The maximum absolute atomic E-state index is 3.46. The summed E-state index contributed by atoms with van der Waals surface area (Å²) in [5.74, 6) is 6.45. The van der Waals surface area contributed by atoms with Crippen molar-refractivity contribution in [1.82, 2.24) is 0 Å². The Bertz CT molecular complexity index is 332. The molecule has 0 bridgehead atoms. The molecule has 0 heterocycles. The summed E-state index contributed by atoms with van der Waals surface area (Å²) in [6, 6.07) is 10.2. The summed E-state index contributed by atoms with van der Waals surface area (Å²) < 4.78 is 0. The monoisotopic (exact) mass is 292 g/mol. The van der Waals surface area contributed by atoms with E-state index in [1.807, 2.05) is 18.2 Å². The van der Waals surface area contributed by atoms with Gasteiger partial charge in [0.2, 0.25) is 0 Å². The number of benzene rings is 1. The summed E-state index contributed by atoms with van der Waals surface area (Å²) >= 11 is 3.46. The molecule has 1 rings (SSSR count). The molecule has 0 aliphatic carbocycles. The predicted molar refractivity (Wildman–Crippen MR) is 79.4 cm³/mol. The molecule has 0 saturated heterocycles. The van der Waals surface area contributed by atoms with Crippen LogP contribution >= 0.6 is 15.9 Å². The zero-order valence-corrected chi connectivity index (χ0v) is 12.0. The molecule has 0 atom stereocenters. The molecule has 0 nitrogen and oxygen atoms in total. The first-order chi connectivity index (χ1) is 8.43. The van der Waals surface area contributed by atoms with Crippen LogP contribution in [-0.2, 0) is 0 Å². The quantitative estimate of drug-likeness (QED) is 0.370. The summed E-state index contributed by atoms with van der Waals surface area (Å²) in [5, 5.41) is 1.15. The molecule has 0 unspecified atom stereocenters. The van der Waals surface area contributed by atoms with Gasteiger partial charge in [0.05, 0.1) is 0 Å². The van der Waals surface area contributed by atoms with Gasteiger partial charge in [-0.15, -0.1) is 0 Å². The highest BCUT2D eigenvalue weighted by atomic mass is 79.9. The Morgan fingerprint density at radius 2 is 1.47 bits per heavy atom. The van der Waals surface area contributed by atoms with Crippen LogP contribution in [0, 0.1) is 11.8 Å². The highest BCUT2D eigenvalue weighted by molar-refractivity contribution is 9.09. The average Bonchev–Trinajstić information content (AvgIpc) is 2.38. The SMILES string of the molecule is BrCCCCCCCCC#Cc1ccccc1. The number of alkyl halides is 1. The van der Waals surface area contributed by atoms with E-state index < -0.39 is 0 Å². The Morgan fingerprint density at radius 3 is 2.18 bits per heavy atom. The Labute approximate surface area is 114 Å². The Morgan fingerprint density at radius 1 is 0.824 bits per heavy atom. The fraction of sp³-hybridized carbons (Fsp3) is 0.500. The van der Waals surface area contributed by atoms with E-state index in [9.17, 15) is 0 Å². The highest BCUT2D eigenvalue weighted by Crippen LogP contribution is 2.07. The minimum absolute atomic E-state index is 1.04. The number of hydrogen-bond acceptors (Lipinski definition) is 0. The van der Waals surface area contributed by atoms with Crippen LogP contribution in [0.4, 0.5) is 0 Å². The van der Waals surface area contributed by atoms with E-state index in [1.165, 1.54) is 38.5 Å². The molecular weight excluding hydrogens is 272 g/mol. The van der Waals surface area contributed by atoms with Crippen LogP contribution in [0.2, 0.25) is 0 Å². The van der Waals surface area contributed by atoms with Gasteiger partial charge in [-0.3, -0.25) is 0 Å². The van der Waals surface area contributed by atoms with Crippen LogP contribution in [0.1, 0.15) is 50.5 Å². The molecule has 0 saturated carbocycles. The van der Waals surface area contributed by atoms with E-state index in [2.05, 4.69) is 39.9 Å². The lowest BCUT2D eigenvalue weighted by atomic mass is 10.1. The first kappa shape index (κ1) is 14.3. The van der Waals surface area contributed by atoms with Gasteiger partial charge in [0.15, 0.2) is 0 Å². The summed E-state index contributed by atoms with van der Waals surface area (Å²) in [5.41, 5.74) is 1.13. The maximum Gasteiger partial charge on any atom is 0.0245 e. The van der Waals surface area contributed by atoms with Crippen LogP contribution in [0.15, 0.2) is 30.3 Å². The third-order valence-electron chi connectivity index (χ3n) is 2.69. The fourth-order valence-electron chi connectivity index (χ4n) is 1.70. The topological polar surface area (TPSA) is 0 Å². The van der Waals surface area contributed by atoms with Gasteiger partial charge >= 0.3 is 0 Å². The second-order valence-electron chi connectivity index (χ2n) is 4.23. The molecule has 0 radical (unpaired) electrons. The second-order valence-corrected chi connectivity index (χ2v) is 5.02. The van der Waals surface area contributed by atoms with Crippen LogP contribution in [0.5, 0.6) is 0 Å². The Balaban J connectivity index is 1.99. The summed E-state index contributed by atoms with van der Waals surface area (Å²) in [6.45, 7) is 0. The van der Waals surface area contributed by atoms with Crippen molar-refractivity contribution in [2.45, 2.75) is 44.9 Å². The van der Waals surface area contributed by atoms with Gasteiger partial charge in [-0.25, -0.2) is 0 Å². The molecule has 0 aliphatic rings. The van der Waals surface area contributed by atoms with E-state index in [0.717, 1.165) is 17.3 Å². The van der Waals surface area contributed by atoms with E-state index in [-0.39, 0.29) is 0 Å². The van der Waals surface area contributed by atoms with Gasteiger partial charge in [0, 0.05) is 17.3 Å². The van der Waals surface area contributed by atoms with Gasteiger partial charge in [-0.2, -0.15) is 0 Å². The average molecular weight is 293 g/mol. The van der Waals surface area contributed by atoms with Crippen molar-refractivity contribution in [3.05, 3.63) is 35.9 Å². The lowest BCUT2D eigenvalue weighted by molar-refractivity contribution is 0.616. The minimum Gasteiger partial charge on any atom is -0.0979 e. The molecular formula is C16H21Br. The zero-order valence-electron chi connectivity index (χ0n) is 10.4. The molecule has 1 heteroatoms. The molecule has 0 amide bonds. The molecule has 0 N–H and O–H groups in total. The molecule has 1 aromatic carbocycles. The number of rotatable bonds is 7. The van der Waals surface area contributed by atoms with Crippen molar-refractivity contribution in [1.29, 1.82) is 0 Å². The van der Waals surface area contributed by atoms with Gasteiger partial charge in [0.25, 0.3) is 0 Å². The standard InChI is InChI=1S/C16H21Br/c17-15-11-6-4-2-1-3-5-8-12-16-13-9-7-10-14-16/h7,9-10,13-14H,1-6,11,15H2. The Kier molecular flexibility index (Phi) is 8.78. The lowest BCUT2D eigenvalue weighted by Crippen LogP contribution is -1.80. The number of unbranched alkanes of at least 4 members (excludes halogenated alkanes) is 6.